The molecule has 1 heterocycles. The molecule has 0 spiro atoms. The molecular weight excluding hydrogens is 332 g/mol. The number of aromatic amines is 1. The highest BCUT2D eigenvalue weighted by atomic mass is 32.2. The number of benzene rings is 2. The van der Waals surface area contributed by atoms with Crippen LogP contribution in [0.1, 0.15) is 37.6 Å². The highest BCUT2D eigenvalue weighted by Gasteiger charge is 2.19. The van der Waals surface area contributed by atoms with Crippen molar-refractivity contribution in [2.45, 2.75) is 44.9 Å². The van der Waals surface area contributed by atoms with Crippen LogP contribution >= 0.6 is 0 Å². The summed E-state index contributed by atoms with van der Waals surface area (Å²) in [7, 11) is -3.64. The average Bonchev–Trinajstić information content (AvgIpc) is 2.83. The Labute approximate surface area is 149 Å². The third kappa shape index (κ3) is 3.29. The maximum atomic E-state index is 12.8. The van der Waals surface area contributed by atoms with Crippen molar-refractivity contribution in [3.05, 3.63) is 59.3 Å². The van der Waals surface area contributed by atoms with Crippen molar-refractivity contribution in [3.8, 4) is 0 Å². The number of anilines is 1. The van der Waals surface area contributed by atoms with Crippen molar-refractivity contribution in [1.82, 2.24) is 4.98 Å². The van der Waals surface area contributed by atoms with Gasteiger partial charge in [0.2, 0.25) is 0 Å². The number of H-pyrrole nitrogens is 1. The van der Waals surface area contributed by atoms with E-state index in [9.17, 15) is 8.42 Å². The summed E-state index contributed by atoms with van der Waals surface area (Å²) in [5.74, 6) is 0. The van der Waals surface area contributed by atoms with Gasteiger partial charge in [0, 0.05) is 11.1 Å². The summed E-state index contributed by atoms with van der Waals surface area (Å²) in [5, 5.41) is 1.03. The molecule has 4 nitrogen and oxygen atoms in total. The highest BCUT2D eigenvalue weighted by molar-refractivity contribution is 7.92. The van der Waals surface area contributed by atoms with Gasteiger partial charge >= 0.3 is 0 Å². The maximum absolute atomic E-state index is 12.8. The van der Waals surface area contributed by atoms with Gasteiger partial charge in [-0.05, 0) is 48.6 Å². The predicted molar refractivity (Wildman–Crippen MR) is 104 cm³/mol. The number of rotatable bonds is 3. The van der Waals surface area contributed by atoms with Crippen LogP contribution in [0.5, 0.6) is 0 Å². The second-order valence-corrected chi connectivity index (χ2v) is 9.17. The minimum Gasteiger partial charge on any atom is -0.357 e. The van der Waals surface area contributed by atoms with E-state index < -0.39 is 10.0 Å². The Morgan fingerprint density at radius 1 is 0.960 bits per heavy atom. The highest BCUT2D eigenvalue weighted by Crippen LogP contribution is 2.29. The molecule has 1 aromatic heterocycles. The minimum absolute atomic E-state index is 0.0133. The van der Waals surface area contributed by atoms with E-state index in [-0.39, 0.29) is 10.3 Å². The second-order valence-electron chi connectivity index (χ2n) is 7.48. The zero-order valence-corrected chi connectivity index (χ0v) is 16.1. The third-order valence-electron chi connectivity index (χ3n) is 4.62. The lowest BCUT2D eigenvalue weighted by atomic mass is 9.87. The molecule has 0 aliphatic carbocycles. The SMILES string of the molecule is Cc1[nH]c2c(NS(=O)(=O)c3ccc(C(C)(C)C)cc3)cccc2c1C. The molecule has 25 heavy (non-hydrogen) atoms. The van der Waals surface area contributed by atoms with E-state index >= 15 is 0 Å². The van der Waals surface area contributed by atoms with Gasteiger partial charge in [-0.15, -0.1) is 0 Å². The fourth-order valence-corrected chi connectivity index (χ4v) is 3.98. The van der Waals surface area contributed by atoms with Gasteiger partial charge < -0.3 is 4.98 Å². The number of hydrogen-bond acceptors (Lipinski definition) is 2. The summed E-state index contributed by atoms with van der Waals surface area (Å²) in [4.78, 5) is 3.53. The molecule has 132 valence electrons. The molecule has 0 fully saturated rings. The molecule has 2 N–H and O–H groups in total. The summed E-state index contributed by atoms with van der Waals surface area (Å²) in [5.41, 5.74) is 4.63. The molecule has 2 aromatic carbocycles. The zero-order chi connectivity index (χ0) is 18.4. The lowest BCUT2D eigenvalue weighted by Gasteiger charge is -2.19. The smallest absolute Gasteiger partial charge is 0.261 e. The molecule has 0 radical (unpaired) electrons. The van der Waals surface area contributed by atoms with Crippen LogP contribution in [0, 0.1) is 13.8 Å². The minimum atomic E-state index is -3.64. The fraction of sp³-hybridized carbons (Fsp3) is 0.300. The van der Waals surface area contributed by atoms with Crippen molar-refractivity contribution in [2.75, 3.05) is 4.72 Å². The van der Waals surface area contributed by atoms with Crippen LogP contribution in [0.25, 0.3) is 10.9 Å². The Morgan fingerprint density at radius 2 is 1.60 bits per heavy atom. The molecular formula is C20H24N2O2S. The van der Waals surface area contributed by atoms with Gasteiger partial charge in [0.25, 0.3) is 10.0 Å². The molecule has 0 amide bonds. The maximum Gasteiger partial charge on any atom is 0.261 e. The van der Waals surface area contributed by atoms with Crippen molar-refractivity contribution < 1.29 is 8.42 Å². The largest absolute Gasteiger partial charge is 0.357 e. The molecule has 0 aliphatic rings. The van der Waals surface area contributed by atoms with Crippen molar-refractivity contribution in [3.63, 3.8) is 0 Å². The zero-order valence-electron chi connectivity index (χ0n) is 15.3. The number of nitrogens with one attached hydrogen (secondary N) is 2. The standard InChI is InChI=1S/C20H24N2O2S/c1-13-14(2)21-19-17(13)7-6-8-18(19)22-25(23,24)16-11-9-15(10-12-16)20(3,4)5/h6-12,21-22H,1-5H3. The number of para-hydroxylation sites is 1. The Balaban J connectivity index is 1.98. The fourth-order valence-electron chi connectivity index (χ4n) is 2.91. The molecule has 3 aromatic rings. The Hall–Kier alpha value is -2.27. The lowest BCUT2D eigenvalue weighted by Crippen LogP contribution is -2.15. The van der Waals surface area contributed by atoms with E-state index in [0.717, 1.165) is 27.7 Å². The van der Waals surface area contributed by atoms with E-state index in [2.05, 4.69) is 30.5 Å². The first-order valence-corrected chi connectivity index (χ1v) is 9.79. The van der Waals surface area contributed by atoms with Crippen LogP contribution < -0.4 is 4.72 Å². The van der Waals surface area contributed by atoms with Crippen LogP contribution in [-0.2, 0) is 15.4 Å². The van der Waals surface area contributed by atoms with Crippen LogP contribution in [0.4, 0.5) is 5.69 Å². The number of hydrogen-bond donors (Lipinski definition) is 2. The van der Waals surface area contributed by atoms with Crippen molar-refractivity contribution in [1.29, 1.82) is 0 Å². The lowest BCUT2D eigenvalue weighted by molar-refractivity contribution is 0.587. The summed E-state index contributed by atoms with van der Waals surface area (Å²) in [6, 6.07) is 12.7. The van der Waals surface area contributed by atoms with E-state index in [1.54, 1.807) is 18.2 Å². The molecule has 0 saturated carbocycles. The summed E-state index contributed by atoms with van der Waals surface area (Å²) in [6.07, 6.45) is 0. The first-order chi connectivity index (χ1) is 11.6. The average molecular weight is 356 g/mol. The first-order valence-electron chi connectivity index (χ1n) is 8.31. The Morgan fingerprint density at radius 3 is 2.20 bits per heavy atom. The third-order valence-corrected chi connectivity index (χ3v) is 6.00. The Kier molecular flexibility index (Phi) is 4.15. The number of fused-ring (bicyclic) bond motifs is 1. The van der Waals surface area contributed by atoms with Crippen LogP contribution in [0.2, 0.25) is 0 Å². The Bertz CT molecular complexity index is 1020. The van der Waals surface area contributed by atoms with Gasteiger partial charge in [-0.2, -0.15) is 0 Å². The van der Waals surface area contributed by atoms with Crippen molar-refractivity contribution in [2.24, 2.45) is 0 Å². The van der Waals surface area contributed by atoms with Gasteiger partial charge in [-0.3, -0.25) is 4.72 Å². The van der Waals surface area contributed by atoms with Crippen LogP contribution in [0.15, 0.2) is 47.4 Å². The molecule has 0 unspecified atom stereocenters. The van der Waals surface area contributed by atoms with Crippen LogP contribution in [-0.4, -0.2) is 13.4 Å². The number of aromatic nitrogens is 1. The van der Waals surface area contributed by atoms with E-state index in [1.165, 1.54) is 0 Å². The van der Waals surface area contributed by atoms with Gasteiger partial charge in [0.05, 0.1) is 16.1 Å². The molecule has 0 atom stereocenters. The van der Waals surface area contributed by atoms with Gasteiger partial charge in [-0.1, -0.05) is 45.0 Å². The summed E-state index contributed by atoms with van der Waals surface area (Å²) >= 11 is 0. The predicted octanol–water partition coefficient (Wildman–Crippen LogP) is 4.88. The molecule has 5 heteroatoms. The topological polar surface area (TPSA) is 62.0 Å². The number of sulfonamides is 1. The number of aryl methyl sites for hydroxylation is 2. The van der Waals surface area contributed by atoms with Gasteiger partial charge in [-0.25, -0.2) is 8.42 Å². The first kappa shape index (κ1) is 17.5. The normalized spacial score (nSPS) is 12.5. The quantitative estimate of drug-likeness (QED) is 0.702. The molecule has 0 aliphatic heterocycles. The van der Waals surface area contributed by atoms with E-state index in [4.69, 9.17) is 0 Å². The molecule has 0 bridgehead atoms. The van der Waals surface area contributed by atoms with Gasteiger partial charge in [0.1, 0.15) is 0 Å². The summed E-state index contributed by atoms with van der Waals surface area (Å²) < 4.78 is 28.3. The second kappa shape index (κ2) is 5.92. The van der Waals surface area contributed by atoms with Gasteiger partial charge in [0.15, 0.2) is 0 Å². The summed E-state index contributed by atoms with van der Waals surface area (Å²) in [6.45, 7) is 10.3. The monoisotopic (exact) mass is 356 g/mol. The van der Waals surface area contributed by atoms with E-state index in [0.29, 0.717) is 5.69 Å². The van der Waals surface area contributed by atoms with Crippen molar-refractivity contribution >= 4 is 26.6 Å². The molecule has 3 rings (SSSR count). The van der Waals surface area contributed by atoms with E-state index in [1.807, 2.05) is 38.1 Å². The van der Waals surface area contributed by atoms with Crippen LogP contribution in [0.3, 0.4) is 0 Å². The molecule has 0 saturated heterocycles.